The van der Waals surface area contributed by atoms with E-state index in [-0.39, 0.29) is 34.4 Å². The molecule has 5 rings (SSSR count). The molecule has 3 heterocycles. The second kappa shape index (κ2) is 7.56. The highest BCUT2D eigenvalue weighted by Gasteiger charge is 2.26. The second-order valence-electron chi connectivity index (χ2n) is 7.54. The van der Waals surface area contributed by atoms with Crippen LogP contribution in [0, 0.1) is 11.6 Å². The van der Waals surface area contributed by atoms with Gasteiger partial charge in [0.1, 0.15) is 17.3 Å². The predicted octanol–water partition coefficient (Wildman–Crippen LogP) is 3.86. The predicted molar refractivity (Wildman–Crippen MR) is 119 cm³/mol. The molecule has 2 aromatic carbocycles. The standard InChI is InChI=1S/C24H15F2N3O4/c25-14-4-3-12-8-13(22(30)28-18(12)9-14)11-29-19-10-15(26)5-6-16(19)20(21(29)24(32)33)17-2-1-7-27-23(17)31/h1-10H,11H2,(H,27,31)(H,28,30)(H,32,33). The molecule has 0 bridgehead atoms. The van der Waals surface area contributed by atoms with Crippen LogP contribution in [-0.4, -0.2) is 25.6 Å². The van der Waals surface area contributed by atoms with Crippen LogP contribution >= 0.6 is 0 Å². The molecule has 0 aliphatic rings. The van der Waals surface area contributed by atoms with E-state index in [9.17, 15) is 28.3 Å². The van der Waals surface area contributed by atoms with Gasteiger partial charge in [0.15, 0.2) is 0 Å². The number of nitrogens with zero attached hydrogens (tertiary/aromatic N) is 1. The molecule has 164 valence electrons. The number of pyridine rings is 2. The third-order valence-corrected chi connectivity index (χ3v) is 5.53. The lowest BCUT2D eigenvalue weighted by Gasteiger charge is -2.10. The highest BCUT2D eigenvalue weighted by atomic mass is 19.1. The number of H-pyrrole nitrogens is 2. The summed E-state index contributed by atoms with van der Waals surface area (Å²) in [6.07, 6.45) is 1.42. The van der Waals surface area contributed by atoms with Crippen LogP contribution in [0.4, 0.5) is 8.78 Å². The van der Waals surface area contributed by atoms with Gasteiger partial charge in [0.25, 0.3) is 11.1 Å². The number of fused-ring (bicyclic) bond motifs is 2. The molecule has 3 aromatic heterocycles. The van der Waals surface area contributed by atoms with E-state index in [1.807, 2.05) is 0 Å². The van der Waals surface area contributed by atoms with Crippen molar-refractivity contribution in [3.05, 3.63) is 104 Å². The van der Waals surface area contributed by atoms with Crippen molar-refractivity contribution in [1.82, 2.24) is 14.5 Å². The Kier molecular flexibility index (Phi) is 4.67. The number of carboxylic acids is 1. The molecule has 0 aliphatic heterocycles. The van der Waals surface area contributed by atoms with E-state index in [2.05, 4.69) is 9.97 Å². The normalized spacial score (nSPS) is 11.3. The summed E-state index contributed by atoms with van der Waals surface area (Å²) >= 11 is 0. The molecule has 33 heavy (non-hydrogen) atoms. The van der Waals surface area contributed by atoms with Gasteiger partial charge in [0.2, 0.25) is 0 Å². The number of halogens is 2. The van der Waals surface area contributed by atoms with Crippen LogP contribution in [-0.2, 0) is 6.54 Å². The zero-order chi connectivity index (χ0) is 23.3. The molecule has 3 N–H and O–H groups in total. The van der Waals surface area contributed by atoms with Gasteiger partial charge in [0, 0.05) is 28.3 Å². The quantitative estimate of drug-likeness (QED) is 0.389. The van der Waals surface area contributed by atoms with Gasteiger partial charge in [-0.05, 0) is 60.0 Å². The minimum absolute atomic E-state index is 0.105. The molecule has 0 saturated carbocycles. The lowest BCUT2D eigenvalue weighted by atomic mass is 10.0. The molecular formula is C24H15F2N3O4. The van der Waals surface area contributed by atoms with Crippen LogP contribution in [0.5, 0.6) is 0 Å². The number of nitrogens with one attached hydrogen (secondary N) is 2. The maximum atomic E-state index is 14.2. The maximum absolute atomic E-state index is 14.2. The number of aromatic carboxylic acids is 1. The van der Waals surface area contributed by atoms with Gasteiger partial charge in [-0.25, -0.2) is 13.6 Å². The Bertz CT molecular complexity index is 1700. The molecular weight excluding hydrogens is 432 g/mol. The van der Waals surface area contributed by atoms with Crippen LogP contribution in [0.2, 0.25) is 0 Å². The number of hydrogen-bond acceptors (Lipinski definition) is 3. The van der Waals surface area contributed by atoms with E-state index in [0.29, 0.717) is 16.3 Å². The highest BCUT2D eigenvalue weighted by molar-refractivity contribution is 6.08. The van der Waals surface area contributed by atoms with E-state index in [4.69, 9.17) is 0 Å². The monoisotopic (exact) mass is 447 g/mol. The average Bonchev–Trinajstić information content (AvgIpc) is 3.08. The van der Waals surface area contributed by atoms with Crippen molar-refractivity contribution in [2.24, 2.45) is 0 Å². The summed E-state index contributed by atoms with van der Waals surface area (Å²) in [5.74, 6) is -2.46. The first-order chi connectivity index (χ1) is 15.8. The summed E-state index contributed by atoms with van der Waals surface area (Å²) < 4.78 is 29.0. The smallest absolute Gasteiger partial charge is 0.353 e. The van der Waals surface area contributed by atoms with E-state index in [1.54, 1.807) is 6.07 Å². The number of benzene rings is 2. The molecule has 0 radical (unpaired) electrons. The molecule has 0 saturated heterocycles. The first kappa shape index (κ1) is 20.4. The van der Waals surface area contributed by atoms with Gasteiger partial charge >= 0.3 is 5.97 Å². The lowest BCUT2D eigenvalue weighted by molar-refractivity contribution is 0.0687. The van der Waals surface area contributed by atoms with Crippen LogP contribution in [0.25, 0.3) is 32.9 Å². The van der Waals surface area contributed by atoms with E-state index in [1.165, 1.54) is 53.2 Å². The van der Waals surface area contributed by atoms with Gasteiger partial charge in [-0.3, -0.25) is 9.59 Å². The maximum Gasteiger partial charge on any atom is 0.353 e. The third-order valence-electron chi connectivity index (χ3n) is 5.53. The van der Waals surface area contributed by atoms with E-state index in [0.717, 1.165) is 6.07 Å². The number of carbonyl (C=O) groups is 1. The van der Waals surface area contributed by atoms with E-state index >= 15 is 0 Å². The molecule has 0 aliphatic carbocycles. The van der Waals surface area contributed by atoms with Crippen molar-refractivity contribution >= 4 is 27.8 Å². The number of rotatable bonds is 4. The number of aromatic nitrogens is 3. The fourth-order valence-corrected chi connectivity index (χ4v) is 4.11. The first-order valence-corrected chi connectivity index (χ1v) is 9.88. The van der Waals surface area contributed by atoms with E-state index < -0.39 is 28.7 Å². The second-order valence-corrected chi connectivity index (χ2v) is 7.54. The largest absolute Gasteiger partial charge is 0.477 e. The molecule has 7 nitrogen and oxygen atoms in total. The third kappa shape index (κ3) is 3.39. The molecule has 9 heteroatoms. The summed E-state index contributed by atoms with van der Waals surface area (Å²) in [4.78, 5) is 42.6. The Balaban J connectivity index is 1.81. The summed E-state index contributed by atoms with van der Waals surface area (Å²) in [5.41, 5.74) is -0.383. The van der Waals surface area contributed by atoms with Gasteiger partial charge in [0.05, 0.1) is 17.6 Å². The number of hydrogen-bond donors (Lipinski definition) is 3. The Labute approximate surface area is 183 Å². The Morgan fingerprint density at radius 1 is 0.970 bits per heavy atom. The number of carboxylic acid groups (broad SMARTS) is 1. The lowest BCUT2D eigenvalue weighted by Crippen LogP contribution is -2.19. The van der Waals surface area contributed by atoms with Crippen molar-refractivity contribution in [2.45, 2.75) is 6.54 Å². The average molecular weight is 447 g/mol. The zero-order valence-electron chi connectivity index (χ0n) is 16.9. The van der Waals surface area contributed by atoms with Crippen molar-refractivity contribution in [2.75, 3.05) is 0 Å². The SMILES string of the molecule is O=C(O)c1c(-c2ccc[nH]c2=O)c2ccc(F)cc2n1Cc1cc2ccc(F)cc2[nH]c1=O. The molecule has 0 fully saturated rings. The molecule has 0 spiro atoms. The molecule has 0 amide bonds. The molecule has 0 unspecified atom stereocenters. The van der Waals surface area contributed by atoms with Crippen LogP contribution in [0.3, 0.4) is 0 Å². The van der Waals surface area contributed by atoms with Gasteiger partial charge < -0.3 is 19.6 Å². The first-order valence-electron chi connectivity index (χ1n) is 9.88. The van der Waals surface area contributed by atoms with Crippen molar-refractivity contribution in [3.8, 4) is 11.1 Å². The topological polar surface area (TPSA) is 108 Å². The Hall–Kier alpha value is -4.53. The summed E-state index contributed by atoms with van der Waals surface area (Å²) in [6.45, 7) is -0.213. The fourth-order valence-electron chi connectivity index (χ4n) is 4.11. The highest BCUT2D eigenvalue weighted by Crippen LogP contribution is 2.34. The van der Waals surface area contributed by atoms with Gasteiger partial charge in [-0.15, -0.1) is 0 Å². The minimum atomic E-state index is -1.34. The van der Waals surface area contributed by atoms with Gasteiger partial charge in [-0.1, -0.05) is 0 Å². The summed E-state index contributed by atoms with van der Waals surface area (Å²) in [5, 5.41) is 11.0. The van der Waals surface area contributed by atoms with Crippen LogP contribution in [0.15, 0.2) is 70.4 Å². The fraction of sp³-hybridized carbons (Fsp3) is 0.0417. The van der Waals surface area contributed by atoms with Gasteiger partial charge in [-0.2, -0.15) is 0 Å². The number of aromatic amines is 2. The summed E-state index contributed by atoms with van der Waals surface area (Å²) in [6, 6.07) is 12.2. The Morgan fingerprint density at radius 3 is 2.48 bits per heavy atom. The minimum Gasteiger partial charge on any atom is -0.477 e. The van der Waals surface area contributed by atoms with Crippen molar-refractivity contribution in [3.63, 3.8) is 0 Å². The van der Waals surface area contributed by atoms with Crippen molar-refractivity contribution in [1.29, 1.82) is 0 Å². The van der Waals surface area contributed by atoms with Crippen molar-refractivity contribution < 1.29 is 18.7 Å². The van der Waals surface area contributed by atoms with Crippen LogP contribution < -0.4 is 11.1 Å². The summed E-state index contributed by atoms with van der Waals surface area (Å²) in [7, 11) is 0. The Morgan fingerprint density at radius 2 is 1.73 bits per heavy atom. The zero-order valence-corrected chi connectivity index (χ0v) is 16.9. The van der Waals surface area contributed by atoms with Crippen LogP contribution in [0.1, 0.15) is 16.1 Å². The molecule has 0 atom stereocenters. The molecule has 5 aromatic rings.